The molecule has 0 aromatic heterocycles. The van der Waals surface area contributed by atoms with Gasteiger partial charge in [-0.05, 0) is 38.5 Å². The van der Waals surface area contributed by atoms with Gasteiger partial charge in [0.1, 0.15) is 5.78 Å². The van der Waals surface area contributed by atoms with E-state index in [4.69, 9.17) is 0 Å². The molecule has 4 nitrogen and oxygen atoms in total. The number of hydrogen-bond donors (Lipinski definition) is 1. The van der Waals surface area contributed by atoms with Crippen molar-refractivity contribution in [3.05, 3.63) is 12.2 Å². The molecule has 0 spiro atoms. The van der Waals surface area contributed by atoms with Gasteiger partial charge in [-0.25, -0.2) is 0 Å². The van der Waals surface area contributed by atoms with Crippen LogP contribution in [0.4, 0.5) is 0 Å². The minimum Gasteiger partial charge on any atom is -0.379 e. The summed E-state index contributed by atoms with van der Waals surface area (Å²) in [5.41, 5.74) is 0.223. The van der Waals surface area contributed by atoms with E-state index in [0.29, 0.717) is 17.3 Å². The standard InChI is InChI=1S/C41H81NO3P/c1-6-8-10-12-14-16-18-20-22-24-26-28-30-32-34-36-38(43)40(45)41(42(3,4)5)46-39(44)37-35-33-31-29-27-25-23-21-19-17-15-13-11-9-7-2/h20,22,40-41,45-46H,6-19,21,23-37H2,1-5H3/q+1/b22-20-. The zero-order valence-electron chi connectivity index (χ0n) is 31.7. The Morgan fingerprint density at radius 2 is 0.848 bits per heavy atom. The van der Waals surface area contributed by atoms with E-state index in [2.05, 4.69) is 26.0 Å². The third-order valence-electron chi connectivity index (χ3n) is 9.46. The van der Waals surface area contributed by atoms with E-state index in [1.807, 2.05) is 21.1 Å². The second kappa shape index (κ2) is 33.0. The number of aliphatic hydroxyl groups is 1. The van der Waals surface area contributed by atoms with Crippen LogP contribution in [0.2, 0.25) is 0 Å². The first kappa shape index (κ1) is 45.4. The highest BCUT2D eigenvalue weighted by Gasteiger charge is 2.37. The molecule has 0 amide bonds. The largest absolute Gasteiger partial charge is 0.379 e. The van der Waals surface area contributed by atoms with Crippen molar-refractivity contribution in [3.63, 3.8) is 0 Å². The Kier molecular flexibility index (Phi) is 32.5. The first-order valence-corrected chi connectivity index (χ1v) is 21.3. The lowest BCUT2D eigenvalue weighted by molar-refractivity contribution is -0.883. The van der Waals surface area contributed by atoms with Crippen molar-refractivity contribution in [1.29, 1.82) is 0 Å². The van der Waals surface area contributed by atoms with Gasteiger partial charge in [-0.2, -0.15) is 0 Å². The van der Waals surface area contributed by atoms with Gasteiger partial charge in [0.25, 0.3) is 0 Å². The Labute approximate surface area is 290 Å². The van der Waals surface area contributed by atoms with E-state index in [1.54, 1.807) is 0 Å². The zero-order valence-corrected chi connectivity index (χ0v) is 32.7. The molecule has 0 aliphatic carbocycles. The van der Waals surface area contributed by atoms with E-state index in [-0.39, 0.29) is 25.7 Å². The monoisotopic (exact) mass is 667 g/mol. The predicted octanol–water partition coefficient (Wildman–Crippen LogP) is 12.5. The molecular weight excluding hydrogens is 585 g/mol. The molecule has 0 fully saturated rings. The van der Waals surface area contributed by atoms with Crippen LogP contribution in [0.15, 0.2) is 12.2 Å². The summed E-state index contributed by atoms with van der Waals surface area (Å²) in [7, 11) is 5.98. The third kappa shape index (κ3) is 29.6. The van der Waals surface area contributed by atoms with Crippen LogP contribution in [0.1, 0.15) is 206 Å². The summed E-state index contributed by atoms with van der Waals surface area (Å²) in [6.07, 6.45) is 40.4. The minimum absolute atomic E-state index is 0.00744. The number of hydrogen-bond acceptors (Lipinski definition) is 3. The van der Waals surface area contributed by atoms with Gasteiger partial charge in [0, 0.05) is 21.4 Å². The van der Waals surface area contributed by atoms with E-state index >= 15 is 0 Å². The molecule has 1 N–H and O–H groups in total. The lowest BCUT2D eigenvalue weighted by Crippen LogP contribution is -2.52. The maximum Gasteiger partial charge on any atom is 0.168 e. The number of allylic oxidation sites excluding steroid dienone is 2. The molecule has 0 saturated carbocycles. The molecule has 5 heteroatoms. The second-order valence-electron chi connectivity index (χ2n) is 15.1. The first-order chi connectivity index (χ1) is 22.2. The number of unbranched alkanes of at least 4 members (excludes halogenated alkanes) is 25. The molecule has 0 rings (SSSR count). The summed E-state index contributed by atoms with van der Waals surface area (Å²) >= 11 is 0. The summed E-state index contributed by atoms with van der Waals surface area (Å²) in [4.78, 5) is 25.7. The van der Waals surface area contributed by atoms with Gasteiger partial charge >= 0.3 is 0 Å². The Balaban J connectivity index is 3.93. The molecule has 0 heterocycles. The van der Waals surface area contributed by atoms with E-state index in [9.17, 15) is 14.7 Å². The van der Waals surface area contributed by atoms with Crippen molar-refractivity contribution >= 4 is 19.9 Å². The molecule has 0 saturated heterocycles. The first-order valence-electron chi connectivity index (χ1n) is 20.2. The minimum atomic E-state index is -1.04. The van der Waals surface area contributed by atoms with Crippen molar-refractivity contribution in [2.75, 3.05) is 21.1 Å². The quantitative estimate of drug-likeness (QED) is 0.0313. The smallest absolute Gasteiger partial charge is 0.168 e. The van der Waals surface area contributed by atoms with Gasteiger partial charge < -0.3 is 9.59 Å². The Morgan fingerprint density at radius 3 is 1.22 bits per heavy atom. The van der Waals surface area contributed by atoms with Gasteiger partial charge in [-0.15, -0.1) is 0 Å². The number of nitrogens with zero attached hydrogens (tertiary/aromatic N) is 1. The molecule has 3 unspecified atom stereocenters. The van der Waals surface area contributed by atoms with Crippen LogP contribution in [-0.2, 0) is 9.59 Å². The van der Waals surface area contributed by atoms with Crippen LogP contribution in [0.5, 0.6) is 0 Å². The molecule has 0 aliphatic rings. The fraction of sp³-hybridized carbons (Fsp3) is 0.902. The third-order valence-corrected chi connectivity index (χ3v) is 11.4. The van der Waals surface area contributed by atoms with Crippen LogP contribution in [0, 0.1) is 0 Å². The summed E-state index contributed by atoms with van der Waals surface area (Å²) in [5, 5.41) is 11.0. The van der Waals surface area contributed by atoms with Gasteiger partial charge in [-0.1, -0.05) is 167 Å². The Bertz CT molecular complexity index is 717. The van der Waals surface area contributed by atoms with E-state index in [1.165, 1.54) is 141 Å². The number of carbonyl (C=O) groups is 2. The molecule has 0 radical (unpaired) electrons. The number of likely N-dealkylation sites (N-methyl/N-ethyl adjacent to an activating group) is 1. The van der Waals surface area contributed by atoms with Gasteiger partial charge in [0.15, 0.2) is 17.4 Å². The fourth-order valence-corrected chi connectivity index (χ4v) is 7.67. The lowest BCUT2D eigenvalue weighted by atomic mass is 10.0. The van der Waals surface area contributed by atoms with Gasteiger partial charge in [-0.3, -0.25) is 9.59 Å². The van der Waals surface area contributed by atoms with Crippen LogP contribution in [0.25, 0.3) is 0 Å². The SMILES string of the molecule is CCCCCCCC/C=C\CCCCCCCC(=O)C(O)C(PC(=O)CCCCCCCCCCCCCCCCC)[N+](C)(C)C. The number of quaternary nitrogens is 1. The van der Waals surface area contributed by atoms with E-state index in [0.717, 1.165) is 38.5 Å². The zero-order chi connectivity index (χ0) is 34.1. The van der Waals surface area contributed by atoms with Crippen molar-refractivity contribution in [3.8, 4) is 0 Å². The topological polar surface area (TPSA) is 54.4 Å². The van der Waals surface area contributed by atoms with Crippen molar-refractivity contribution in [2.45, 2.75) is 218 Å². The second-order valence-corrected chi connectivity index (χ2v) is 16.5. The number of ketones is 1. The molecular formula is C41H81NO3P+. The number of carbonyl (C=O) groups excluding carboxylic acids is 2. The molecule has 0 aromatic carbocycles. The molecule has 3 atom stereocenters. The maximum absolute atomic E-state index is 12.9. The molecule has 0 aliphatic heterocycles. The summed E-state index contributed by atoms with van der Waals surface area (Å²) in [6.45, 7) is 4.54. The van der Waals surface area contributed by atoms with E-state index < -0.39 is 6.10 Å². The van der Waals surface area contributed by atoms with Crippen LogP contribution in [0.3, 0.4) is 0 Å². The molecule has 0 aromatic rings. The predicted molar refractivity (Wildman–Crippen MR) is 205 cm³/mol. The highest BCUT2D eigenvalue weighted by atomic mass is 31.1. The lowest BCUT2D eigenvalue weighted by Gasteiger charge is -2.36. The normalized spacial score (nSPS) is 13.7. The molecule has 46 heavy (non-hydrogen) atoms. The van der Waals surface area contributed by atoms with Crippen LogP contribution < -0.4 is 0 Å². The Hall–Kier alpha value is -0.570. The molecule has 0 bridgehead atoms. The summed E-state index contributed by atoms with van der Waals surface area (Å²) < 4.78 is 0.447. The van der Waals surface area contributed by atoms with Crippen molar-refractivity contribution in [1.82, 2.24) is 0 Å². The molecule has 272 valence electrons. The Morgan fingerprint density at radius 1 is 0.522 bits per heavy atom. The van der Waals surface area contributed by atoms with Crippen molar-refractivity contribution in [2.24, 2.45) is 0 Å². The number of aliphatic hydroxyl groups excluding tert-OH is 1. The van der Waals surface area contributed by atoms with Crippen LogP contribution >= 0.6 is 8.58 Å². The average molecular weight is 667 g/mol. The summed E-state index contributed by atoms with van der Waals surface area (Å²) in [5.74, 6) is -0.414. The van der Waals surface area contributed by atoms with Crippen LogP contribution in [-0.4, -0.2) is 53.9 Å². The fourth-order valence-electron chi connectivity index (χ4n) is 6.28. The number of rotatable bonds is 36. The highest BCUT2D eigenvalue weighted by Crippen LogP contribution is 2.32. The maximum atomic E-state index is 12.9. The highest BCUT2D eigenvalue weighted by molar-refractivity contribution is 7.58. The average Bonchev–Trinajstić information content (AvgIpc) is 3.02. The van der Waals surface area contributed by atoms with Gasteiger partial charge in [0.05, 0.1) is 21.1 Å². The van der Waals surface area contributed by atoms with Crippen molar-refractivity contribution < 1.29 is 19.2 Å². The number of Topliss-reactive ketones (excluding diaryl/α,β-unsaturated/α-hetero) is 1. The summed E-state index contributed by atoms with van der Waals surface area (Å²) in [6, 6.07) is 0. The van der Waals surface area contributed by atoms with Gasteiger partial charge in [0.2, 0.25) is 0 Å².